The van der Waals surface area contributed by atoms with Crippen molar-refractivity contribution < 1.29 is 15.1 Å². The van der Waals surface area contributed by atoms with Crippen LogP contribution in [0.15, 0.2) is 18.2 Å². The van der Waals surface area contributed by atoms with E-state index in [4.69, 9.17) is 11.0 Å². The highest BCUT2D eigenvalue weighted by Gasteiger charge is 2.04. The van der Waals surface area contributed by atoms with Crippen LogP contribution in [0, 0.1) is 0 Å². The molecule has 1 aromatic rings. The van der Waals surface area contributed by atoms with Crippen molar-refractivity contribution in [3.8, 4) is 5.75 Å². The second-order valence-electron chi connectivity index (χ2n) is 2.39. The summed E-state index contributed by atoms with van der Waals surface area (Å²) in [6.45, 7) is -0.0517. The van der Waals surface area contributed by atoms with Crippen molar-refractivity contribution in [1.29, 1.82) is 0 Å². The Morgan fingerprint density at radius 1 is 1.33 bits per heavy atom. The molecule has 0 aliphatic rings. The first-order chi connectivity index (χ1) is 5.79. The number of benzene rings is 1. The highest BCUT2D eigenvalue weighted by molar-refractivity contribution is 5.39. The van der Waals surface area contributed by atoms with Crippen molar-refractivity contribution in [1.82, 2.24) is 0 Å². The van der Waals surface area contributed by atoms with Gasteiger partial charge in [0, 0.05) is 11.1 Å². The second kappa shape index (κ2) is 4.06. The fraction of sp³-hybridized carbons (Fsp3) is 0.250. The van der Waals surface area contributed by atoms with Gasteiger partial charge in [-0.3, -0.25) is 4.84 Å². The minimum Gasteiger partial charge on any atom is -0.507 e. The van der Waals surface area contributed by atoms with E-state index < -0.39 is 0 Å². The standard InChI is InChI=1S/C8H11NO3/c9-12-5-7-3-1-2-6(4-10)8(7)11/h1-3,10-11H,4-5,9H2. The molecule has 0 atom stereocenters. The van der Waals surface area contributed by atoms with Crippen LogP contribution in [0.1, 0.15) is 11.1 Å². The smallest absolute Gasteiger partial charge is 0.126 e. The number of aliphatic hydroxyl groups excluding tert-OH is 1. The highest BCUT2D eigenvalue weighted by atomic mass is 16.6. The van der Waals surface area contributed by atoms with Gasteiger partial charge in [0.1, 0.15) is 5.75 Å². The molecule has 4 N–H and O–H groups in total. The van der Waals surface area contributed by atoms with Gasteiger partial charge in [-0.2, -0.15) is 0 Å². The third-order valence-electron chi connectivity index (χ3n) is 1.61. The monoisotopic (exact) mass is 169 g/mol. The van der Waals surface area contributed by atoms with E-state index in [0.29, 0.717) is 11.1 Å². The van der Waals surface area contributed by atoms with Gasteiger partial charge in [-0.25, -0.2) is 5.90 Å². The van der Waals surface area contributed by atoms with Crippen LogP contribution in [0.5, 0.6) is 5.75 Å². The number of aromatic hydroxyl groups is 1. The highest BCUT2D eigenvalue weighted by Crippen LogP contribution is 2.22. The lowest BCUT2D eigenvalue weighted by molar-refractivity contribution is 0.122. The van der Waals surface area contributed by atoms with Gasteiger partial charge in [0.05, 0.1) is 13.2 Å². The number of nitrogens with two attached hydrogens (primary N) is 1. The summed E-state index contributed by atoms with van der Waals surface area (Å²) in [4.78, 5) is 4.37. The van der Waals surface area contributed by atoms with Crippen LogP contribution < -0.4 is 5.90 Å². The topological polar surface area (TPSA) is 75.7 Å². The second-order valence-corrected chi connectivity index (χ2v) is 2.39. The lowest BCUT2D eigenvalue weighted by Gasteiger charge is -2.05. The molecule has 0 radical (unpaired) electrons. The third-order valence-corrected chi connectivity index (χ3v) is 1.61. The molecule has 0 unspecified atom stereocenters. The van der Waals surface area contributed by atoms with Gasteiger partial charge in [0.2, 0.25) is 0 Å². The summed E-state index contributed by atoms with van der Waals surface area (Å²) < 4.78 is 0. The number of aliphatic hydroxyl groups is 1. The Labute approximate surface area is 70.2 Å². The molecule has 0 saturated carbocycles. The molecule has 0 aliphatic carbocycles. The van der Waals surface area contributed by atoms with Gasteiger partial charge in [-0.05, 0) is 0 Å². The van der Waals surface area contributed by atoms with Crippen molar-refractivity contribution >= 4 is 0 Å². The van der Waals surface area contributed by atoms with Crippen LogP contribution in [-0.4, -0.2) is 10.2 Å². The Morgan fingerprint density at radius 2 is 2.00 bits per heavy atom. The molecular weight excluding hydrogens is 158 g/mol. The molecule has 0 aliphatic heterocycles. The van der Waals surface area contributed by atoms with E-state index in [1.54, 1.807) is 18.2 Å². The van der Waals surface area contributed by atoms with Gasteiger partial charge in [0.25, 0.3) is 0 Å². The average molecular weight is 169 g/mol. The van der Waals surface area contributed by atoms with E-state index in [1.165, 1.54) is 0 Å². The van der Waals surface area contributed by atoms with E-state index in [1.807, 2.05) is 0 Å². The van der Waals surface area contributed by atoms with Crippen LogP contribution in [0.3, 0.4) is 0 Å². The van der Waals surface area contributed by atoms with Crippen molar-refractivity contribution in [3.63, 3.8) is 0 Å². The zero-order chi connectivity index (χ0) is 8.97. The maximum atomic E-state index is 9.42. The Morgan fingerprint density at radius 3 is 2.58 bits per heavy atom. The van der Waals surface area contributed by atoms with Crippen LogP contribution in [-0.2, 0) is 18.1 Å². The van der Waals surface area contributed by atoms with Gasteiger partial charge in [-0.1, -0.05) is 18.2 Å². The van der Waals surface area contributed by atoms with Crippen LogP contribution in [0.25, 0.3) is 0 Å². The fourth-order valence-electron chi connectivity index (χ4n) is 0.978. The molecule has 0 amide bonds. The van der Waals surface area contributed by atoms with Gasteiger partial charge < -0.3 is 10.2 Å². The first-order valence-corrected chi connectivity index (χ1v) is 3.52. The van der Waals surface area contributed by atoms with Crippen molar-refractivity contribution in [2.24, 2.45) is 5.90 Å². The predicted molar refractivity (Wildman–Crippen MR) is 43.0 cm³/mol. The lowest BCUT2D eigenvalue weighted by atomic mass is 10.1. The molecule has 0 fully saturated rings. The number of phenols is 1. The molecule has 4 heteroatoms. The molecule has 1 rings (SSSR count). The fourth-order valence-corrected chi connectivity index (χ4v) is 0.978. The van der Waals surface area contributed by atoms with Gasteiger partial charge in [0.15, 0.2) is 0 Å². The van der Waals surface area contributed by atoms with E-state index in [9.17, 15) is 5.11 Å². The Kier molecular flexibility index (Phi) is 3.04. The Balaban J connectivity index is 2.97. The van der Waals surface area contributed by atoms with Crippen LogP contribution in [0.2, 0.25) is 0 Å². The van der Waals surface area contributed by atoms with E-state index >= 15 is 0 Å². The summed E-state index contributed by atoms with van der Waals surface area (Å²) in [5.74, 6) is 4.89. The first-order valence-electron chi connectivity index (χ1n) is 3.52. The first kappa shape index (κ1) is 8.99. The maximum Gasteiger partial charge on any atom is 0.126 e. The molecule has 12 heavy (non-hydrogen) atoms. The Hall–Kier alpha value is -1.10. The molecule has 0 bridgehead atoms. The predicted octanol–water partition coefficient (Wildman–Crippen LogP) is 0.275. The van der Waals surface area contributed by atoms with Crippen molar-refractivity contribution in [2.45, 2.75) is 13.2 Å². The molecule has 66 valence electrons. The molecule has 0 heterocycles. The third kappa shape index (κ3) is 1.73. The largest absolute Gasteiger partial charge is 0.507 e. The Bertz CT molecular complexity index is 262. The average Bonchev–Trinajstić information content (AvgIpc) is 2.09. The summed E-state index contributed by atoms with van der Waals surface area (Å²) in [5, 5.41) is 18.2. The number of hydrogen-bond donors (Lipinski definition) is 3. The molecular formula is C8H11NO3. The maximum absolute atomic E-state index is 9.42. The van der Waals surface area contributed by atoms with Crippen molar-refractivity contribution in [3.05, 3.63) is 29.3 Å². The molecule has 0 saturated heterocycles. The number of rotatable bonds is 3. The molecule has 0 aromatic heterocycles. The summed E-state index contributed by atoms with van der Waals surface area (Å²) in [6, 6.07) is 5.04. The van der Waals surface area contributed by atoms with Crippen molar-refractivity contribution in [2.75, 3.05) is 0 Å². The SMILES string of the molecule is NOCc1cccc(CO)c1O. The summed E-state index contributed by atoms with van der Waals surface area (Å²) >= 11 is 0. The quantitative estimate of drug-likeness (QED) is 0.568. The number of hydrogen-bond acceptors (Lipinski definition) is 4. The van der Waals surface area contributed by atoms with Crippen LogP contribution in [0.4, 0.5) is 0 Å². The summed E-state index contributed by atoms with van der Waals surface area (Å²) in [5.41, 5.74) is 1.05. The summed E-state index contributed by atoms with van der Waals surface area (Å²) in [7, 11) is 0. The zero-order valence-corrected chi connectivity index (χ0v) is 6.53. The molecule has 1 aromatic carbocycles. The van der Waals surface area contributed by atoms with Gasteiger partial charge in [-0.15, -0.1) is 0 Å². The van der Waals surface area contributed by atoms with E-state index in [0.717, 1.165) is 0 Å². The minimum absolute atomic E-state index is 0.0467. The minimum atomic E-state index is -0.190. The zero-order valence-electron chi connectivity index (χ0n) is 6.53. The summed E-state index contributed by atoms with van der Waals surface area (Å²) in [6.07, 6.45) is 0. The van der Waals surface area contributed by atoms with E-state index in [2.05, 4.69) is 4.84 Å². The number of para-hydroxylation sites is 1. The normalized spacial score (nSPS) is 10.2. The van der Waals surface area contributed by atoms with E-state index in [-0.39, 0.29) is 19.0 Å². The lowest BCUT2D eigenvalue weighted by Crippen LogP contribution is -2.00. The van der Waals surface area contributed by atoms with Crippen LogP contribution >= 0.6 is 0 Å². The molecule has 4 nitrogen and oxygen atoms in total. The molecule has 0 spiro atoms. The van der Waals surface area contributed by atoms with Gasteiger partial charge >= 0.3 is 0 Å².